The molecule has 0 spiro atoms. The van der Waals surface area contributed by atoms with Crippen LogP contribution < -0.4 is 9.95 Å². The van der Waals surface area contributed by atoms with E-state index in [1.807, 2.05) is 0 Å². The van der Waals surface area contributed by atoms with Gasteiger partial charge in [0.1, 0.15) is 0 Å². The van der Waals surface area contributed by atoms with E-state index >= 15 is 0 Å². The first kappa shape index (κ1) is 15.8. The Morgan fingerprint density at radius 3 is 2.41 bits per heavy atom. The number of aromatic carboxylic acids is 1. The van der Waals surface area contributed by atoms with Gasteiger partial charge in [-0.05, 0) is 23.6 Å². The Morgan fingerprint density at radius 2 is 1.86 bits per heavy atom. The molecule has 0 saturated heterocycles. The fourth-order valence-electron chi connectivity index (χ4n) is 1.87. The first-order chi connectivity index (χ1) is 10.1. The zero-order valence-corrected chi connectivity index (χ0v) is 12.1. The smallest absolute Gasteiger partial charge is 0.373 e. The number of benzene rings is 1. The Hall–Kier alpha value is -2.57. The minimum atomic E-state index is -4.14. The topological polar surface area (TPSA) is 141 Å². The van der Waals surface area contributed by atoms with Crippen LogP contribution in [0.2, 0.25) is 0 Å². The lowest BCUT2D eigenvalue weighted by Crippen LogP contribution is -2.05. The van der Waals surface area contributed by atoms with Gasteiger partial charge in [-0.3, -0.25) is 4.79 Å². The van der Waals surface area contributed by atoms with Gasteiger partial charge in [-0.15, -0.1) is 0 Å². The van der Waals surface area contributed by atoms with E-state index in [-0.39, 0.29) is 10.9 Å². The molecule has 0 fully saturated rings. The van der Waals surface area contributed by atoms with E-state index in [0.29, 0.717) is 0 Å². The van der Waals surface area contributed by atoms with Crippen LogP contribution in [0.4, 0.5) is 0 Å². The maximum Gasteiger partial charge on any atom is 0.373 e. The monoisotopic (exact) mass is 326 g/mol. The molecular weight excluding hydrogens is 315 g/mol. The molecule has 0 aromatic heterocycles. The third kappa shape index (κ3) is 3.03. The van der Waals surface area contributed by atoms with Crippen molar-refractivity contribution in [2.45, 2.75) is 0 Å². The number of hydrogen-bond acceptors (Lipinski definition) is 6. The molecule has 9 heteroatoms. The number of hydrogen-bond donors (Lipinski definition) is 4. The highest BCUT2D eigenvalue weighted by molar-refractivity contribution is 7.52. The SMILES string of the molecule is CP(=O)(O)Oc1cc(C(=O)O)cc2ccc(O)c(O)c2c1=O. The number of carboxylic acid groups (broad SMARTS) is 1. The zero-order chi connectivity index (χ0) is 16.7. The summed E-state index contributed by atoms with van der Waals surface area (Å²) in [7, 11) is -4.14. The van der Waals surface area contributed by atoms with Crippen molar-refractivity contribution in [3.05, 3.63) is 40.1 Å². The third-order valence-corrected chi connectivity index (χ3v) is 3.29. The third-order valence-electron chi connectivity index (χ3n) is 2.75. The predicted octanol–water partition coefficient (Wildman–Crippen LogP) is 1.50. The van der Waals surface area contributed by atoms with Crippen LogP contribution in [0.1, 0.15) is 10.4 Å². The Kier molecular flexibility index (Phi) is 3.83. The first-order valence-corrected chi connectivity index (χ1v) is 7.89. The van der Waals surface area contributed by atoms with Gasteiger partial charge in [-0.2, -0.15) is 0 Å². The summed E-state index contributed by atoms with van der Waals surface area (Å²) in [5.41, 5.74) is -1.41. The van der Waals surface area contributed by atoms with Gasteiger partial charge in [-0.1, -0.05) is 6.07 Å². The minimum Gasteiger partial charge on any atom is -0.504 e. The molecule has 0 aliphatic rings. The van der Waals surface area contributed by atoms with Crippen LogP contribution in [0.15, 0.2) is 29.1 Å². The van der Waals surface area contributed by atoms with E-state index < -0.39 is 41.6 Å². The molecule has 116 valence electrons. The molecule has 2 rings (SSSR count). The summed E-state index contributed by atoms with van der Waals surface area (Å²) in [6, 6.07) is 4.17. The van der Waals surface area contributed by atoms with Crippen molar-refractivity contribution in [2.75, 3.05) is 6.66 Å². The molecule has 0 saturated carbocycles. The van der Waals surface area contributed by atoms with Gasteiger partial charge in [0, 0.05) is 6.66 Å². The van der Waals surface area contributed by atoms with Crippen molar-refractivity contribution in [2.24, 2.45) is 0 Å². The Morgan fingerprint density at radius 1 is 1.23 bits per heavy atom. The van der Waals surface area contributed by atoms with Gasteiger partial charge < -0.3 is 24.7 Å². The molecule has 22 heavy (non-hydrogen) atoms. The van der Waals surface area contributed by atoms with E-state index in [0.717, 1.165) is 24.9 Å². The lowest BCUT2D eigenvalue weighted by molar-refractivity contribution is 0.0696. The van der Waals surface area contributed by atoms with Gasteiger partial charge in [0.2, 0.25) is 5.43 Å². The predicted molar refractivity (Wildman–Crippen MR) is 76.9 cm³/mol. The average molecular weight is 326 g/mol. The summed E-state index contributed by atoms with van der Waals surface area (Å²) in [6.07, 6.45) is 0. The second-order valence-corrected chi connectivity index (χ2v) is 6.32. The lowest BCUT2D eigenvalue weighted by atomic mass is 10.1. The molecule has 1 atom stereocenters. The van der Waals surface area contributed by atoms with Gasteiger partial charge in [0.05, 0.1) is 10.9 Å². The van der Waals surface area contributed by atoms with Crippen LogP contribution in [-0.4, -0.2) is 32.8 Å². The summed E-state index contributed by atoms with van der Waals surface area (Å²) < 4.78 is 16.0. The minimum absolute atomic E-state index is 0.0245. The maximum atomic E-state index is 12.3. The molecule has 0 heterocycles. The highest BCUT2D eigenvalue weighted by atomic mass is 31.2. The molecule has 2 aromatic rings. The number of aromatic hydroxyl groups is 2. The molecule has 0 amide bonds. The standard InChI is InChI=1S/C13H11O8P/c1-22(19,20)21-9-5-7(13(17)18)4-6-2-3-8(14)11(15)10(6)12(9)16/h2-5,14-15H,1H3,(H,17,18)(H,19,20). The van der Waals surface area contributed by atoms with Crippen LogP contribution in [0.3, 0.4) is 0 Å². The van der Waals surface area contributed by atoms with Gasteiger partial charge in [0.25, 0.3) is 0 Å². The van der Waals surface area contributed by atoms with Crippen LogP contribution in [0.25, 0.3) is 10.8 Å². The van der Waals surface area contributed by atoms with Gasteiger partial charge in [0.15, 0.2) is 17.2 Å². The quantitative estimate of drug-likeness (QED) is 0.491. The van der Waals surface area contributed by atoms with Gasteiger partial charge >= 0.3 is 13.6 Å². The van der Waals surface area contributed by atoms with Crippen molar-refractivity contribution >= 4 is 24.3 Å². The van der Waals surface area contributed by atoms with Crippen LogP contribution >= 0.6 is 7.60 Å². The average Bonchev–Trinajstić information content (AvgIpc) is 2.51. The highest BCUT2D eigenvalue weighted by Gasteiger charge is 2.20. The first-order valence-electron chi connectivity index (χ1n) is 5.86. The normalized spacial score (nSPS) is 13.5. The van der Waals surface area contributed by atoms with Gasteiger partial charge in [-0.25, -0.2) is 9.36 Å². The maximum absolute atomic E-state index is 12.3. The number of phenolic OH excluding ortho intramolecular Hbond substituents is 2. The van der Waals surface area contributed by atoms with Crippen molar-refractivity contribution < 1.29 is 34.1 Å². The fraction of sp³-hybridized carbons (Fsp3) is 0.0769. The molecule has 4 N–H and O–H groups in total. The van der Waals surface area contributed by atoms with E-state index in [4.69, 9.17) is 5.11 Å². The molecular formula is C13H11O8P. The second-order valence-electron chi connectivity index (χ2n) is 4.53. The molecule has 1 unspecified atom stereocenters. The summed E-state index contributed by atoms with van der Waals surface area (Å²) in [5.74, 6) is -3.49. The molecule has 0 aliphatic heterocycles. The lowest BCUT2D eigenvalue weighted by Gasteiger charge is -2.06. The van der Waals surface area contributed by atoms with Crippen LogP contribution in [0.5, 0.6) is 17.2 Å². The molecule has 0 radical (unpaired) electrons. The Balaban J connectivity index is 2.99. The zero-order valence-electron chi connectivity index (χ0n) is 11.2. The summed E-state index contributed by atoms with van der Waals surface area (Å²) in [5, 5.41) is 28.0. The van der Waals surface area contributed by atoms with E-state index in [1.54, 1.807) is 0 Å². The summed E-state index contributed by atoms with van der Waals surface area (Å²) in [4.78, 5) is 32.7. The number of phenols is 2. The summed E-state index contributed by atoms with van der Waals surface area (Å²) in [6.45, 7) is 0.819. The molecule has 0 aliphatic carbocycles. The van der Waals surface area contributed by atoms with Crippen molar-refractivity contribution in [3.63, 3.8) is 0 Å². The van der Waals surface area contributed by atoms with Crippen molar-refractivity contribution in [1.29, 1.82) is 0 Å². The Bertz CT molecular complexity index is 883. The molecule has 8 nitrogen and oxygen atoms in total. The van der Waals surface area contributed by atoms with Crippen LogP contribution in [0, 0.1) is 0 Å². The van der Waals surface area contributed by atoms with Crippen molar-refractivity contribution in [3.8, 4) is 17.2 Å². The van der Waals surface area contributed by atoms with E-state index in [1.165, 1.54) is 6.07 Å². The second kappa shape index (κ2) is 5.32. The Labute approximate surface area is 123 Å². The molecule has 2 aromatic carbocycles. The fourth-order valence-corrected chi connectivity index (χ4v) is 2.37. The van der Waals surface area contributed by atoms with Crippen molar-refractivity contribution in [1.82, 2.24) is 0 Å². The van der Waals surface area contributed by atoms with Crippen LogP contribution in [-0.2, 0) is 4.57 Å². The number of carbonyl (C=O) groups is 1. The van der Waals surface area contributed by atoms with E-state index in [9.17, 15) is 29.3 Å². The highest BCUT2D eigenvalue weighted by Crippen LogP contribution is 2.38. The van der Waals surface area contributed by atoms with E-state index in [2.05, 4.69) is 4.52 Å². The number of carboxylic acids is 1. The molecule has 0 bridgehead atoms. The largest absolute Gasteiger partial charge is 0.504 e. The number of fused-ring (bicyclic) bond motifs is 1. The number of rotatable bonds is 3. The summed E-state index contributed by atoms with van der Waals surface area (Å²) >= 11 is 0.